The van der Waals surface area contributed by atoms with Crippen LogP contribution in [-0.4, -0.2) is 31.4 Å². The van der Waals surface area contributed by atoms with E-state index in [9.17, 15) is 8.42 Å². The molecule has 1 fully saturated rings. The molecule has 0 aromatic rings. The van der Waals surface area contributed by atoms with Crippen LogP contribution in [-0.2, 0) is 10.0 Å². The topological polar surface area (TPSA) is 66.4 Å². The van der Waals surface area contributed by atoms with E-state index in [-0.39, 0.29) is 17.9 Å². The van der Waals surface area contributed by atoms with Crippen LogP contribution in [0.1, 0.15) is 39.0 Å². The SMILES string of the molecule is CC[C@@H](CO)NS(=O)(=O)C1CCCC1. The lowest BCUT2D eigenvalue weighted by Gasteiger charge is -2.17. The predicted molar refractivity (Wildman–Crippen MR) is 55.5 cm³/mol. The minimum Gasteiger partial charge on any atom is -0.395 e. The van der Waals surface area contributed by atoms with E-state index in [0.29, 0.717) is 6.42 Å². The average Bonchev–Trinajstić information content (AvgIpc) is 2.67. The summed E-state index contributed by atoms with van der Waals surface area (Å²) in [6.45, 7) is 1.74. The smallest absolute Gasteiger partial charge is 0.214 e. The molecule has 84 valence electrons. The van der Waals surface area contributed by atoms with Crippen molar-refractivity contribution in [2.75, 3.05) is 6.61 Å². The maximum Gasteiger partial charge on any atom is 0.214 e. The molecule has 0 saturated heterocycles. The molecule has 0 aromatic carbocycles. The Kier molecular flexibility index (Phi) is 4.34. The highest BCUT2D eigenvalue weighted by atomic mass is 32.2. The Labute approximate surface area is 85.8 Å². The van der Waals surface area contributed by atoms with E-state index in [1.807, 2.05) is 6.92 Å². The van der Waals surface area contributed by atoms with Gasteiger partial charge in [0.05, 0.1) is 11.9 Å². The number of sulfonamides is 1. The van der Waals surface area contributed by atoms with E-state index in [1.54, 1.807) is 0 Å². The molecule has 1 rings (SSSR count). The monoisotopic (exact) mass is 221 g/mol. The molecule has 2 N–H and O–H groups in total. The zero-order valence-electron chi connectivity index (χ0n) is 8.57. The van der Waals surface area contributed by atoms with Gasteiger partial charge in [-0.2, -0.15) is 0 Å². The molecular weight excluding hydrogens is 202 g/mol. The third-order valence-electron chi connectivity index (χ3n) is 2.79. The van der Waals surface area contributed by atoms with Crippen LogP contribution < -0.4 is 4.72 Å². The second-order valence-corrected chi connectivity index (χ2v) is 5.85. The lowest BCUT2D eigenvalue weighted by molar-refractivity contribution is 0.253. The summed E-state index contributed by atoms with van der Waals surface area (Å²) in [5.74, 6) is 0. The molecular formula is C9H19NO3S. The summed E-state index contributed by atoms with van der Waals surface area (Å²) in [6, 6.07) is -0.319. The van der Waals surface area contributed by atoms with E-state index in [1.165, 1.54) is 0 Å². The Morgan fingerprint density at radius 2 is 2.00 bits per heavy atom. The molecule has 0 aliphatic heterocycles. The van der Waals surface area contributed by atoms with Crippen LogP contribution in [0.3, 0.4) is 0 Å². The molecule has 1 atom stereocenters. The van der Waals surface area contributed by atoms with Crippen molar-refractivity contribution in [2.24, 2.45) is 0 Å². The maximum atomic E-state index is 11.7. The first-order valence-corrected chi connectivity index (χ1v) is 6.76. The standard InChI is InChI=1S/C9H19NO3S/c1-2-8(7-11)10-14(12,13)9-5-3-4-6-9/h8-11H,2-7H2,1H3/t8-/m0/s1. The van der Waals surface area contributed by atoms with E-state index >= 15 is 0 Å². The number of rotatable bonds is 5. The van der Waals surface area contributed by atoms with Crippen molar-refractivity contribution in [1.29, 1.82) is 0 Å². The predicted octanol–water partition coefficient (Wildman–Crippen LogP) is 0.619. The van der Waals surface area contributed by atoms with Crippen LogP contribution in [0.15, 0.2) is 0 Å². The summed E-state index contributed by atoms with van der Waals surface area (Å²) >= 11 is 0. The van der Waals surface area contributed by atoms with Gasteiger partial charge in [0, 0.05) is 6.04 Å². The van der Waals surface area contributed by atoms with E-state index in [4.69, 9.17) is 5.11 Å². The highest BCUT2D eigenvalue weighted by Gasteiger charge is 2.29. The summed E-state index contributed by atoms with van der Waals surface area (Å²) in [5.41, 5.74) is 0. The van der Waals surface area contributed by atoms with Gasteiger partial charge < -0.3 is 5.11 Å². The molecule has 1 aliphatic rings. The fraction of sp³-hybridized carbons (Fsp3) is 1.00. The van der Waals surface area contributed by atoms with Gasteiger partial charge in [0.2, 0.25) is 10.0 Å². The van der Waals surface area contributed by atoms with Crippen molar-refractivity contribution < 1.29 is 13.5 Å². The highest BCUT2D eigenvalue weighted by Crippen LogP contribution is 2.24. The molecule has 4 nitrogen and oxygen atoms in total. The highest BCUT2D eigenvalue weighted by molar-refractivity contribution is 7.90. The Morgan fingerprint density at radius 1 is 1.43 bits per heavy atom. The molecule has 0 heterocycles. The van der Waals surface area contributed by atoms with Crippen LogP contribution in [0.25, 0.3) is 0 Å². The van der Waals surface area contributed by atoms with Gasteiger partial charge in [0.1, 0.15) is 0 Å². The number of nitrogens with one attached hydrogen (secondary N) is 1. The minimum absolute atomic E-state index is 0.123. The van der Waals surface area contributed by atoms with Crippen LogP contribution in [0.5, 0.6) is 0 Å². The van der Waals surface area contributed by atoms with Crippen molar-refractivity contribution in [3.63, 3.8) is 0 Å². The molecule has 0 aromatic heterocycles. The van der Waals surface area contributed by atoms with Gasteiger partial charge in [-0.05, 0) is 19.3 Å². The van der Waals surface area contributed by atoms with Crippen molar-refractivity contribution in [3.8, 4) is 0 Å². The molecule has 1 saturated carbocycles. The molecule has 14 heavy (non-hydrogen) atoms. The number of aliphatic hydroxyl groups excluding tert-OH is 1. The zero-order chi connectivity index (χ0) is 10.6. The third kappa shape index (κ3) is 2.93. The second kappa shape index (κ2) is 5.09. The minimum atomic E-state index is -3.19. The van der Waals surface area contributed by atoms with E-state index in [0.717, 1.165) is 25.7 Å². The van der Waals surface area contributed by atoms with Gasteiger partial charge in [-0.15, -0.1) is 0 Å². The number of hydrogen-bond donors (Lipinski definition) is 2. The summed E-state index contributed by atoms with van der Waals surface area (Å²) in [5, 5.41) is 8.67. The van der Waals surface area contributed by atoms with Gasteiger partial charge >= 0.3 is 0 Å². The second-order valence-electron chi connectivity index (χ2n) is 3.86. The lowest BCUT2D eigenvalue weighted by Crippen LogP contribution is -2.41. The van der Waals surface area contributed by atoms with Crippen molar-refractivity contribution in [1.82, 2.24) is 4.72 Å². The summed E-state index contributed by atoms with van der Waals surface area (Å²) in [4.78, 5) is 0. The molecule has 0 spiro atoms. The Hall–Kier alpha value is -0.130. The Bertz CT molecular complexity index is 253. The number of hydrogen-bond acceptors (Lipinski definition) is 3. The third-order valence-corrected chi connectivity index (χ3v) is 4.80. The fourth-order valence-corrected chi connectivity index (χ4v) is 3.63. The molecule has 0 bridgehead atoms. The molecule has 0 amide bonds. The Balaban J connectivity index is 2.56. The van der Waals surface area contributed by atoms with Crippen LogP contribution in [0.2, 0.25) is 0 Å². The molecule has 5 heteroatoms. The number of aliphatic hydroxyl groups is 1. The quantitative estimate of drug-likeness (QED) is 0.715. The van der Waals surface area contributed by atoms with E-state index < -0.39 is 10.0 Å². The largest absolute Gasteiger partial charge is 0.395 e. The summed E-state index contributed by atoms with van der Waals surface area (Å²) in [7, 11) is -3.19. The Morgan fingerprint density at radius 3 is 2.43 bits per heavy atom. The normalized spacial score (nSPS) is 21.3. The first-order chi connectivity index (χ1) is 6.60. The van der Waals surface area contributed by atoms with Crippen LogP contribution in [0.4, 0.5) is 0 Å². The van der Waals surface area contributed by atoms with Crippen LogP contribution >= 0.6 is 0 Å². The van der Waals surface area contributed by atoms with Crippen molar-refractivity contribution >= 4 is 10.0 Å². The van der Waals surface area contributed by atoms with Gasteiger partial charge in [0.15, 0.2) is 0 Å². The maximum absolute atomic E-state index is 11.7. The van der Waals surface area contributed by atoms with Crippen molar-refractivity contribution in [2.45, 2.75) is 50.3 Å². The van der Waals surface area contributed by atoms with Gasteiger partial charge in [-0.3, -0.25) is 0 Å². The van der Waals surface area contributed by atoms with Crippen molar-refractivity contribution in [3.05, 3.63) is 0 Å². The summed E-state index contributed by atoms with van der Waals surface area (Å²) < 4.78 is 26.0. The molecule has 0 unspecified atom stereocenters. The average molecular weight is 221 g/mol. The van der Waals surface area contributed by atoms with Gasteiger partial charge in [-0.1, -0.05) is 19.8 Å². The van der Waals surface area contributed by atoms with Gasteiger partial charge in [0.25, 0.3) is 0 Å². The zero-order valence-corrected chi connectivity index (χ0v) is 9.39. The first-order valence-electron chi connectivity index (χ1n) is 5.22. The fourth-order valence-electron chi connectivity index (χ4n) is 1.78. The lowest BCUT2D eigenvalue weighted by atomic mass is 10.3. The first kappa shape index (κ1) is 11.9. The van der Waals surface area contributed by atoms with E-state index in [2.05, 4.69) is 4.72 Å². The van der Waals surface area contributed by atoms with Crippen LogP contribution in [0, 0.1) is 0 Å². The molecule has 0 radical (unpaired) electrons. The van der Waals surface area contributed by atoms with Gasteiger partial charge in [-0.25, -0.2) is 13.1 Å². The summed E-state index contributed by atoms with van der Waals surface area (Å²) in [6.07, 6.45) is 4.15. The molecule has 1 aliphatic carbocycles.